The van der Waals surface area contributed by atoms with E-state index < -0.39 is 11.6 Å². The molecular formula is C13H9F2N3S. The minimum atomic E-state index is -0.746. The van der Waals surface area contributed by atoms with Crippen molar-refractivity contribution in [3.8, 4) is 6.07 Å². The van der Waals surface area contributed by atoms with Crippen LogP contribution in [0, 0.1) is 29.9 Å². The number of anilines is 1. The summed E-state index contributed by atoms with van der Waals surface area (Å²) in [7, 11) is 0. The van der Waals surface area contributed by atoms with E-state index in [0.717, 1.165) is 23.9 Å². The summed E-state index contributed by atoms with van der Waals surface area (Å²) in [5, 5.41) is 9.21. The fraction of sp³-hybridized carbons (Fsp3) is 0.0769. The predicted molar refractivity (Wildman–Crippen MR) is 68.6 cm³/mol. The molecule has 0 bridgehead atoms. The van der Waals surface area contributed by atoms with Gasteiger partial charge < -0.3 is 5.73 Å². The molecule has 3 nitrogen and oxygen atoms in total. The van der Waals surface area contributed by atoms with Crippen LogP contribution in [0.25, 0.3) is 0 Å². The zero-order valence-electron chi connectivity index (χ0n) is 9.95. The van der Waals surface area contributed by atoms with E-state index in [1.54, 1.807) is 13.0 Å². The van der Waals surface area contributed by atoms with E-state index in [2.05, 4.69) is 4.98 Å². The van der Waals surface area contributed by atoms with Gasteiger partial charge in [-0.25, -0.2) is 13.8 Å². The lowest BCUT2D eigenvalue weighted by molar-refractivity contribution is 0.541. The van der Waals surface area contributed by atoms with E-state index in [0.29, 0.717) is 16.3 Å². The third-order valence-electron chi connectivity index (χ3n) is 2.29. The van der Waals surface area contributed by atoms with E-state index in [1.807, 2.05) is 6.07 Å². The van der Waals surface area contributed by atoms with E-state index >= 15 is 0 Å². The lowest BCUT2D eigenvalue weighted by atomic mass is 10.2. The Kier molecular flexibility index (Phi) is 3.67. The number of nitrogen functional groups attached to an aromatic ring is 1. The number of nitriles is 1. The van der Waals surface area contributed by atoms with E-state index in [-0.39, 0.29) is 10.6 Å². The molecule has 6 heteroatoms. The molecule has 0 spiro atoms. The SMILES string of the molecule is Cc1cc(C#N)cc(Sc2c(F)cc(N)cc2F)n1. The molecule has 2 N–H and O–H groups in total. The van der Waals surface area contributed by atoms with Crippen molar-refractivity contribution < 1.29 is 8.78 Å². The fourth-order valence-corrected chi connectivity index (χ4v) is 2.43. The number of rotatable bonds is 2. The molecule has 2 aromatic rings. The van der Waals surface area contributed by atoms with Gasteiger partial charge in [-0.1, -0.05) is 11.8 Å². The number of aryl methyl sites for hydroxylation is 1. The van der Waals surface area contributed by atoms with Crippen molar-refractivity contribution >= 4 is 17.4 Å². The Balaban J connectivity index is 2.42. The Bertz CT molecular complexity index is 657. The third-order valence-corrected chi connectivity index (χ3v) is 3.30. The monoisotopic (exact) mass is 277 g/mol. The van der Waals surface area contributed by atoms with Crippen molar-refractivity contribution in [3.05, 3.63) is 47.2 Å². The Labute approximate surface area is 113 Å². The Morgan fingerprint density at radius 1 is 1.21 bits per heavy atom. The normalized spacial score (nSPS) is 10.2. The first kappa shape index (κ1) is 13.3. The summed E-state index contributed by atoms with van der Waals surface area (Å²) in [5.74, 6) is -1.49. The summed E-state index contributed by atoms with van der Waals surface area (Å²) in [6, 6.07) is 7.14. The molecule has 2 rings (SSSR count). The van der Waals surface area contributed by atoms with Crippen LogP contribution >= 0.6 is 11.8 Å². The number of halogens is 2. The van der Waals surface area contributed by atoms with E-state index in [9.17, 15) is 8.78 Å². The largest absolute Gasteiger partial charge is 0.399 e. The van der Waals surface area contributed by atoms with E-state index in [1.165, 1.54) is 6.07 Å². The summed E-state index contributed by atoms with van der Waals surface area (Å²) in [5.41, 5.74) is 6.37. The van der Waals surface area contributed by atoms with Crippen molar-refractivity contribution in [2.24, 2.45) is 0 Å². The van der Waals surface area contributed by atoms with Gasteiger partial charge in [0.2, 0.25) is 0 Å². The quantitative estimate of drug-likeness (QED) is 0.856. The first-order valence-electron chi connectivity index (χ1n) is 5.31. The molecule has 0 aliphatic carbocycles. The molecule has 0 amide bonds. The first-order chi connectivity index (χ1) is 8.99. The van der Waals surface area contributed by atoms with Gasteiger partial charge in [0, 0.05) is 11.4 Å². The molecule has 1 aromatic carbocycles. The maximum Gasteiger partial charge on any atom is 0.142 e. The van der Waals surface area contributed by atoms with Crippen molar-refractivity contribution in [2.45, 2.75) is 16.8 Å². The van der Waals surface area contributed by atoms with Crippen LogP contribution in [0.1, 0.15) is 11.3 Å². The molecular weight excluding hydrogens is 268 g/mol. The van der Waals surface area contributed by atoms with Crippen LogP contribution in [0.2, 0.25) is 0 Å². The Morgan fingerprint density at radius 2 is 1.84 bits per heavy atom. The zero-order chi connectivity index (χ0) is 14.0. The summed E-state index contributed by atoms with van der Waals surface area (Å²) >= 11 is 0.825. The molecule has 0 saturated heterocycles. The van der Waals surface area contributed by atoms with Crippen LogP contribution in [0.4, 0.5) is 14.5 Å². The van der Waals surface area contributed by atoms with Crippen molar-refractivity contribution in [1.29, 1.82) is 5.26 Å². The second kappa shape index (κ2) is 5.24. The molecule has 96 valence electrons. The fourth-order valence-electron chi connectivity index (χ4n) is 1.54. The lowest BCUT2D eigenvalue weighted by Gasteiger charge is -2.06. The van der Waals surface area contributed by atoms with Crippen LogP contribution in [0.5, 0.6) is 0 Å². The topological polar surface area (TPSA) is 62.7 Å². The smallest absolute Gasteiger partial charge is 0.142 e. The van der Waals surface area contributed by atoms with Gasteiger partial charge in [0.05, 0.1) is 16.5 Å². The standard InChI is InChI=1S/C13H9F2N3S/c1-7-2-8(6-16)3-12(18-7)19-13-10(14)4-9(17)5-11(13)15/h2-5H,17H2,1H3. The first-order valence-corrected chi connectivity index (χ1v) is 6.12. The minimum Gasteiger partial charge on any atom is -0.399 e. The van der Waals surface area contributed by atoms with E-state index in [4.69, 9.17) is 11.0 Å². The lowest BCUT2D eigenvalue weighted by Crippen LogP contribution is -1.94. The maximum atomic E-state index is 13.6. The summed E-state index contributed by atoms with van der Waals surface area (Å²) in [6.45, 7) is 1.71. The van der Waals surface area contributed by atoms with Crippen LogP contribution < -0.4 is 5.73 Å². The van der Waals surface area contributed by atoms with Crippen molar-refractivity contribution in [1.82, 2.24) is 4.98 Å². The van der Waals surface area contributed by atoms with Gasteiger partial charge in [0.25, 0.3) is 0 Å². The molecule has 0 aliphatic rings. The zero-order valence-corrected chi connectivity index (χ0v) is 10.8. The van der Waals surface area contributed by atoms with Crippen LogP contribution in [0.3, 0.4) is 0 Å². The van der Waals surface area contributed by atoms with Gasteiger partial charge in [-0.05, 0) is 31.2 Å². The second-order valence-corrected chi connectivity index (χ2v) is 4.89. The molecule has 1 heterocycles. The van der Waals surface area contributed by atoms with Crippen molar-refractivity contribution in [2.75, 3.05) is 5.73 Å². The second-order valence-electron chi connectivity index (χ2n) is 3.86. The Hall–Kier alpha value is -2.13. The minimum absolute atomic E-state index is 0.0225. The average Bonchev–Trinajstić information content (AvgIpc) is 2.33. The van der Waals surface area contributed by atoms with Crippen LogP contribution in [-0.4, -0.2) is 4.98 Å². The average molecular weight is 277 g/mol. The molecule has 0 unspecified atom stereocenters. The van der Waals surface area contributed by atoms with Crippen LogP contribution in [0.15, 0.2) is 34.2 Å². The molecule has 0 radical (unpaired) electrons. The highest BCUT2D eigenvalue weighted by atomic mass is 32.2. The summed E-state index contributed by atoms with van der Waals surface area (Å²) in [4.78, 5) is 3.94. The maximum absolute atomic E-state index is 13.6. The highest BCUT2D eigenvalue weighted by Gasteiger charge is 2.13. The highest BCUT2D eigenvalue weighted by Crippen LogP contribution is 2.32. The predicted octanol–water partition coefficient (Wildman–Crippen LogP) is 3.27. The van der Waals surface area contributed by atoms with Gasteiger partial charge in [0.1, 0.15) is 16.7 Å². The molecule has 0 fully saturated rings. The van der Waals surface area contributed by atoms with Gasteiger partial charge in [-0.3, -0.25) is 0 Å². The van der Waals surface area contributed by atoms with Gasteiger partial charge in [-0.15, -0.1) is 0 Å². The number of nitrogens with zero attached hydrogens (tertiary/aromatic N) is 2. The van der Waals surface area contributed by atoms with Crippen LogP contribution in [-0.2, 0) is 0 Å². The number of hydrogen-bond acceptors (Lipinski definition) is 4. The number of aromatic nitrogens is 1. The van der Waals surface area contributed by atoms with Gasteiger partial charge >= 0.3 is 0 Å². The number of pyridine rings is 1. The van der Waals surface area contributed by atoms with Gasteiger partial charge in [0.15, 0.2) is 0 Å². The highest BCUT2D eigenvalue weighted by molar-refractivity contribution is 7.99. The summed E-state index contributed by atoms with van der Waals surface area (Å²) in [6.07, 6.45) is 0. The number of nitrogens with two attached hydrogens (primary N) is 1. The van der Waals surface area contributed by atoms with Crippen molar-refractivity contribution in [3.63, 3.8) is 0 Å². The molecule has 0 aliphatic heterocycles. The molecule has 1 aromatic heterocycles. The molecule has 0 atom stereocenters. The number of hydrogen-bond donors (Lipinski definition) is 1. The summed E-state index contributed by atoms with van der Waals surface area (Å²) < 4.78 is 27.3. The molecule has 0 saturated carbocycles. The Morgan fingerprint density at radius 3 is 2.42 bits per heavy atom. The molecule has 19 heavy (non-hydrogen) atoms. The third kappa shape index (κ3) is 3.01. The van der Waals surface area contributed by atoms with Gasteiger partial charge in [-0.2, -0.15) is 5.26 Å². The number of benzene rings is 1.